The number of amides is 1. The van der Waals surface area contributed by atoms with Crippen molar-refractivity contribution in [2.45, 2.75) is 24.9 Å². The third-order valence-corrected chi connectivity index (χ3v) is 5.72. The van der Waals surface area contributed by atoms with E-state index in [0.29, 0.717) is 18.1 Å². The van der Waals surface area contributed by atoms with Gasteiger partial charge in [-0.3, -0.25) is 14.9 Å². The van der Waals surface area contributed by atoms with Crippen LogP contribution in [0.2, 0.25) is 0 Å². The number of nitrogens with zero attached hydrogens (tertiary/aromatic N) is 4. The maximum absolute atomic E-state index is 13.1. The second-order valence-corrected chi connectivity index (χ2v) is 9.11. The number of hydrogen-bond acceptors (Lipinski definition) is 6. The van der Waals surface area contributed by atoms with Crippen LogP contribution in [0.1, 0.15) is 23.9 Å². The third kappa shape index (κ3) is 4.71. The molecule has 0 radical (unpaired) electrons. The number of aromatic amines is 1. The molecule has 9 nitrogen and oxygen atoms in total. The zero-order valence-corrected chi connectivity index (χ0v) is 17.2. The molecule has 1 saturated heterocycles. The number of hydrogen-bond donors (Lipinski definition) is 2. The SMILES string of the molecule is CS(=O)(=O)N[C@H]1C[C@@H](c2nc(-c3ccccc3)n[nH]2)N(C(=O)Cc2ccncc2)C1. The molecule has 1 aromatic carbocycles. The molecule has 2 N–H and O–H groups in total. The number of likely N-dealkylation sites (tertiary alicyclic amines) is 1. The molecule has 0 saturated carbocycles. The molecule has 156 valence electrons. The lowest BCUT2D eigenvalue weighted by Gasteiger charge is -2.23. The van der Waals surface area contributed by atoms with Gasteiger partial charge < -0.3 is 4.90 Å². The standard InChI is InChI=1S/C20H22N6O3S/c1-30(28,29)25-16-12-17(20-22-19(23-24-20)15-5-3-2-4-6-15)26(13-16)18(27)11-14-7-9-21-10-8-14/h2-10,16-17,25H,11-13H2,1H3,(H,22,23,24)/t16-,17-/m0/s1. The van der Waals surface area contributed by atoms with Crippen LogP contribution in [0, 0.1) is 0 Å². The molecular formula is C20H22N6O3S. The minimum absolute atomic E-state index is 0.110. The maximum Gasteiger partial charge on any atom is 0.227 e. The monoisotopic (exact) mass is 426 g/mol. The summed E-state index contributed by atoms with van der Waals surface area (Å²) in [4.78, 5) is 23.3. The number of carbonyl (C=O) groups excluding carboxylic acids is 1. The van der Waals surface area contributed by atoms with E-state index in [9.17, 15) is 13.2 Å². The number of H-pyrrole nitrogens is 1. The van der Waals surface area contributed by atoms with Crippen LogP contribution in [0.5, 0.6) is 0 Å². The van der Waals surface area contributed by atoms with Crippen LogP contribution in [0.3, 0.4) is 0 Å². The fourth-order valence-corrected chi connectivity index (χ4v) is 4.45. The number of carbonyl (C=O) groups is 1. The molecule has 1 aliphatic heterocycles. The van der Waals surface area contributed by atoms with Crippen LogP contribution in [-0.4, -0.2) is 58.2 Å². The van der Waals surface area contributed by atoms with Gasteiger partial charge in [-0.25, -0.2) is 18.1 Å². The Labute approximate surface area is 174 Å². The number of nitrogens with one attached hydrogen (secondary N) is 2. The molecule has 0 aliphatic carbocycles. The fourth-order valence-electron chi connectivity index (χ4n) is 3.68. The zero-order chi connectivity index (χ0) is 21.1. The molecule has 2 atom stereocenters. The van der Waals surface area contributed by atoms with Gasteiger partial charge in [-0.15, -0.1) is 0 Å². The van der Waals surface area contributed by atoms with Gasteiger partial charge in [0, 0.05) is 30.5 Å². The van der Waals surface area contributed by atoms with Gasteiger partial charge in [0.25, 0.3) is 0 Å². The van der Waals surface area contributed by atoms with Gasteiger partial charge in [0.2, 0.25) is 15.9 Å². The lowest BCUT2D eigenvalue weighted by atomic mass is 10.1. The van der Waals surface area contributed by atoms with E-state index in [-0.39, 0.29) is 18.9 Å². The van der Waals surface area contributed by atoms with Gasteiger partial charge >= 0.3 is 0 Å². The van der Waals surface area contributed by atoms with Crippen molar-refractivity contribution < 1.29 is 13.2 Å². The largest absolute Gasteiger partial charge is 0.331 e. The molecular weight excluding hydrogens is 404 g/mol. The molecule has 1 amide bonds. The first kappa shape index (κ1) is 20.2. The summed E-state index contributed by atoms with van der Waals surface area (Å²) >= 11 is 0. The van der Waals surface area contributed by atoms with Crippen molar-refractivity contribution in [2.24, 2.45) is 0 Å². The van der Waals surface area contributed by atoms with Crippen molar-refractivity contribution in [3.8, 4) is 11.4 Å². The molecule has 0 unspecified atom stereocenters. The van der Waals surface area contributed by atoms with Crippen LogP contribution in [0.4, 0.5) is 0 Å². The average molecular weight is 427 g/mol. The predicted molar refractivity (Wildman–Crippen MR) is 111 cm³/mol. The first-order valence-corrected chi connectivity index (χ1v) is 11.4. The van der Waals surface area contributed by atoms with Crippen molar-refractivity contribution >= 4 is 15.9 Å². The molecule has 0 bridgehead atoms. The van der Waals surface area contributed by atoms with E-state index < -0.39 is 22.1 Å². The second-order valence-electron chi connectivity index (χ2n) is 7.33. The summed E-state index contributed by atoms with van der Waals surface area (Å²) < 4.78 is 26.1. The Morgan fingerprint density at radius 2 is 1.93 bits per heavy atom. The number of pyridine rings is 1. The quantitative estimate of drug-likeness (QED) is 0.613. The highest BCUT2D eigenvalue weighted by Gasteiger charge is 2.39. The molecule has 3 heterocycles. The van der Waals surface area contributed by atoms with Gasteiger partial charge in [-0.2, -0.15) is 5.10 Å². The highest BCUT2D eigenvalue weighted by Crippen LogP contribution is 2.32. The Hall–Kier alpha value is -3.11. The first-order valence-electron chi connectivity index (χ1n) is 9.52. The van der Waals surface area contributed by atoms with Gasteiger partial charge in [0.1, 0.15) is 5.82 Å². The summed E-state index contributed by atoms with van der Waals surface area (Å²) in [5.74, 6) is 0.961. The van der Waals surface area contributed by atoms with E-state index in [0.717, 1.165) is 17.4 Å². The van der Waals surface area contributed by atoms with Crippen LogP contribution in [0.15, 0.2) is 54.9 Å². The zero-order valence-electron chi connectivity index (χ0n) is 16.4. The number of benzene rings is 1. The third-order valence-electron chi connectivity index (χ3n) is 4.96. The lowest BCUT2D eigenvalue weighted by Crippen LogP contribution is -2.38. The Kier molecular flexibility index (Phi) is 5.60. The Balaban J connectivity index is 1.59. The van der Waals surface area contributed by atoms with E-state index in [1.54, 1.807) is 29.4 Å². The summed E-state index contributed by atoms with van der Waals surface area (Å²) in [7, 11) is -3.40. The van der Waals surface area contributed by atoms with Crippen molar-refractivity contribution in [3.63, 3.8) is 0 Å². The maximum atomic E-state index is 13.1. The fraction of sp³-hybridized carbons (Fsp3) is 0.300. The van der Waals surface area contributed by atoms with Crippen molar-refractivity contribution in [3.05, 3.63) is 66.2 Å². The van der Waals surface area contributed by atoms with E-state index in [1.165, 1.54) is 0 Å². The highest BCUT2D eigenvalue weighted by molar-refractivity contribution is 7.88. The van der Waals surface area contributed by atoms with E-state index in [1.807, 2.05) is 30.3 Å². The number of rotatable bonds is 6. The minimum atomic E-state index is -3.40. The second kappa shape index (κ2) is 8.33. The van der Waals surface area contributed by atoms with Crippen LogP contribution < -0.4 is 4.72 Å². The Morgan fingerprint density at radius 3 is 2.63 bits per heavy atom. The van der Waals surface area contributed by atoms with Crippen LogP contribution >= 0.6 is 0 Å². The molecule has 10 heteroatoms. The summed E-state index contributed by atoms with van der Waals surface area (Å²) in [6.07, 6.45) is 5.01. The molecule has 30 heavy (non-hydrogen) atoms. The molecule has 4 rings (SSSR count). The van der Waals surface area contributed by atoms with Crippen molar-refractivity contribution in [2.75, 3.05) is 12.8 Å². The smallest absolute Gasteiger partial charge is 0.227 e. The molecule has 2 aromatic heterocycles. The summed E-state index contributed by atoms with van der Waals surface area (Å²) in [5, 5.41) is 7.22. The summed E-state index contributed by atoms with van der Waals surface area (Å²) in [6.45, 7) is 0.267. The topological polar surface area (TPSA) is 121 Å². The van der Waals surface area contributed by atoms with Gasteiger partial charge in [-0.05, 0) is 24.1 Å². The lowest BCUT2D eigenvalue weighted by molar-refractivity contribution is -0.131. The average Bonchev–Trinajstić information content (AvgIpc) is 3.35. The molecule has 1 fully saturated rings. The summed E-state index contributed by atoms with van der Waals surface area (Å²) in [6, 6.07) is 12.3. The normalized spacial score (nSPS) is 19.2. The van der Waals surface area contributed by atoms with Crippen molar-refractivity contribution in [1.82, 2.24) is 29.8 Å². The predicted octanol–water partition coefficient (Wildman–Crippen LogP) is 1.30. The van der Waals surface area contributed by atoms with E-state index >= 15 is 0 Å². The van der Waals surface area contributed by atoms with Crippen molar-refractivity contribution in [1.29, 1.82) is 0 Å². The highest BCUT2D eigenvalue weighted by atomic mass is 32.2. The van der Waals surface area contributed by atoms with E-state index in [2.05, 4.69) is 24.9 Å². The number of sulfonamides is 1. The van der Waals surface area contributed by atoms with Gasteiger partial charge in [-0.1, -0.05) is 30.3 Å². The molecule has 0 spiro atoms. The van der Waals surface area contributed by atoms with E-state index in [4.69, 9.17) is 0 Å². The minimum Gasteiger partial charge on any atom is -0.331 e. The molecule has 1 aliphatic rings. The Bertz CT molecular complexity index is 1120. The first-order chi connectivity index (χ1) is 14.4. The Morgan fingerprint density at radius 1 is 1.20 bits per heavy atom. The van der Waals surface area contributed by atoms with Gasteiger partial charge in [0.05, 0.1) is 18.7 Å². The number of aromatic nitrogens is 4. The van der Waals surface area contributed by atoms with Crippen LogP contribution in [0.25, 0.3) is 11.4 Å². The molecule has 3 aromatic rings. The van der Waals surface area contributed by atoms with Gasteiger partial charge in [0.15, 0.2) is 5.82 Å². The van der Waals surface area contributed by atoms with Crippen LogP contribution in [-0.2, 0) is 21.2 Å². The summed E-state index contributed by atoms with van der Waals surface area (Å²) in [5.41, 5.74) is 1.70.